The van der Waals surface area contributed by atoms with Gasteiger partial charge in [-0.15, -0.1) is 0 Å². The molecular weight excluding hydrogens is 863 g/mol. The highest BCUT2D eigenvalue weighted by molar-refractivity contribution is 5.76. The number of rotatable bonds is 51. The van der Waals surface area contributed by atoms with E-state index in [0.717, 1.165) is 51.4 Å². The second kappa shape index (κ2) is 50.0. The molecule has 69 heavy (non-hydrogen) atoms. The number of ether oxygens (including phenoxy) is 2. The van der Waals surface area contributed by atoms with E-state index >= 15 is 0 Å². The number of allylic oxidation sites excluding steroid dienone is 6. The first-order chi connectivity index (χ1) is 33.8. The van der Waals surface area contributed by atoms with E-state index in [4.69, 9.17) is 9.47 Å². The molecule has 9 nitrogen and oxygen atoms in total. The number of nitrogens with one attached hydrogen (secondary N) is 1. The number of carbonyl (C=O) groups excluding carboxylic acids is 1. The van der Waals surface area contributed by atoms with Gasteiger partial charge in [-0.05, 0) is 51.4 Å². The molecule has 0 aromatic heterocycles. The van der Waals surface area contributed by atoms with Crippen molar-refractivity contribution in [2.75, 3.05) is 13.2 Å². The van der Waals surface area contributed by atoms with Crippen LogP contribution in [0.25, 0.3) is 0 Å². The highest BCUT2D eigenvalue weighted by Crippen LogP contribution is 2.23. The first-order valence-corrected chi connectivity index (χ1v) is 29.7. The molecule has 7 atom stereocenters. The van der Waals surface area contributed by atoms with Crippen LogP contribution >= 0.6 is 0 Å². The molecule has 9 heteroatoms. The van der Waals surface area contributed by atoms with Gasteiger partial charge in [-0.1, -0.05) is 262 Å². The molecule has 1 fully saturated rings. The predicted molar refractivity (Wildman–Crippen MR) is 290 cm³/mol. The quantitative estimate of drug-likeness (QED) is 0.0261. The lowest BCUT2D eigenvalue weighted by Gasteiger charge is -2.40. The smallest absolute Gasteiger partial charge is 0.220 e. The van der Waals surface area contributed by atoms with Crippen LogP contribution in [0.3, 0.4) is 0 Å². The van der Waals surface area contributed by atoms with E-state index in [1.165, 1.54) is 205 Å². The zero-order valence-electron chi connectivity index (χ0n) is 45.1. The maximum absolute atomic E-state index is 13.1. The third-order valence-corrected chi connectivity index (χ3v) is 14.2. The standard InChI is InChI=1S/C60H113NO8/c1-3-5-7-9-11-13-15-17-19-21-23-24-25-26-27-28-29-30-32-34-36-38-40-42-44-46-48-50-56(64)61-53(52-68-60-59(67)58(66)57(65)55(51-62)69-60)54(63)49-47-45-43-41-39-37-35-33-31-22-20-18-16-14-12-10-8-6-4-2/h15,17,21,23,25-26,53-55,57-60,62-63,65-67H,3-14,16,18-20,22,24,27-52H2,1-2H3,(H,61,64)/b17-15-,23-21-,26-25-. The van der Waals surface area contributed by atoms with Gasteiger partial charge in [-0.2, -0.15) is 0 Å². The summed E-state index contributed by atoms with van der Waals surface area (Å²) < 4.78 is 11.3. The first kappa shape index (κ1) is 65.4. The van der Waals surface area contributed by atoms with Crippen LogP contribution < -0.4 is 5.32 Å². The number of hydrogen-bond donors (Lipinski definition) is 6. The Morgan fingerprint density at radius 1 is 0.493 bits per heavy atom. The Labute approximate surface area is 425 Å². The van der Waals surface area contributed by atoms with E-state index in [9.17, 15) is 30.3 Å². The van der Waals surface area contributed by atoms with Crippen LogP contribution in [0.1, 0.15) is 284 Å². The maximum Gasteiger partial charge on any atom is 0.220 e. The van der Waals surface area contributed by atoms with Gasteiger partial charge in [0.15, 0.2) is 6.29 Å². The van der Waals surface area contributed by atoms with Gasteiger partial charge in [-0.3, -0.25) is 4.79 Å². The van der Waals surface area contributed by atoms with Crippen LogP contribution in [0.2, 0.25) is 0 Å². The Morgan fingerprint density at radius 3 is 1.26 bits per heavy atom. The van der Waals surface area contributed by atoms with Gasteiger partial charge in [0.25, 0.3) is 0 Å². The minimum Gasteiger partial charge on any atom is -0.394 e. The second-order valence-corrected chi connectivity index (χ2v) is 20.8. The number of carbonyl (C=O) groups is 1. The summed E-state index contributed by atoms with van der Waals surface area (Å²) in [6.45, 7) is 3.86. The van der Waals surface area contributed by atoms with Crippen molar-refractivity contribution in [3.05, 3.63) is 36.5 Å². The van der Waals surface area contributed by atoms with Crippen LogP contribution in [-0.4, -0.2) is 87.5 Å². The van der Waals surface area contributed by atoms with Gasteiger partial charge in [0, 0.05) is 6.42 Å². The van der Waals surface area contributed by atoms with Gasteiger partial charge in [0.2, 0.25) is 5.91 Å². The molecular formula is C60H113NO8. The molecule has 1 aliphatic rings. The van der Waals surface area contributed by atoms with Crippen molar-refractivity contribution in [3.8, 4) is 0 Å². The van der Waals surface area contributed by atoms with E-state index in [1.807, 2.05) is 0 Å². The molecule has 0 saturated carbocycles. The third kappa shape index (κ3) is 39.6. The molecule has 406 valence electrons. The number of unbranched alkanes of at least 4 members (excludes halogenated alkanes) is 35. The average Bonchev–Trinajstić information content (AvgIpc) is 3.35. The molecule has 1 amide bonds. The highest BCUT2D eigenvalue weighted by Gasteiger charge is 2.44. The largest absolute Gasteiger partial charge is 0.394 e. The summed E-state index contributed by atoms with van der Waals surface area (Å²) in [5, 5.41) is 54.7. The van der Waals surface area contributed by atoms with Crippen LogP contribution in [0.5, 0.6) is 0 Å². The molecule has 6 N–H and O–H groups in total. The van der Waals surface area contributed by atoms with Crippen molar-refractivity contribution >= 4 is 5.91 Å². The number of aliphatic hydroxyl groups is 5. The monoisotopic (exact) mass is 976 g/mol. The lowest BCUT2D eigenvalue weighted by atomic mass is 9.99. The average molecular weight is 977 g/mol. The summed E-state index contributed by atoms with van der Waals surface area (Å²) in [6, 6.07) is -0.720. The zero-order chi connectivity index (χ0) is 50.1. The molecule has 7 unspecified atom stereocenters. The van der Waals surface area contributed by atoms with Crippen LogP contribution in [0.15, 0.2) is 36.5 Å². The molecule has 1 rings (SSSR count). The molecule has 1 heterocycles. The zero-order valence-corrected chi connectivity index (χ0v) is 45.1. The molecule has 0 aromatic rings. The summed E-state index contributed by atoms with van der Waals surface area (Å²) in [4.78, 5) is 13.1. The Morgan fingerprint density at radius 2 is 0.855 bits per heavy atom. The fourth-order valence-electron chi connectivity index (χ4n) is 9.52. The van der Waals surface area contributed by atoms with E-state index < -0.39 is 49.5 Å². The summed E-state index contributed by atoms with van der Waals surface area (Å²) in [7, 11) is 0. The van der Waals surface area contributed by atoms with Gasteiger partial charge >= 0.3 is 0 Å². The normalized spacial score (nSPS) is 19.7. The van der Waals surface area contributed by atoms with Crippen molar-refractivity contribution in [2.24, 2.45) is 0 Å². The Hall–Kier alpha value is -1.59. The van der Waals surface area contributed by atoms with Gasteiger partial charge < -0.3 is 40.3 Å². The summed E-state index contributed by atoms with van der Waals surface area (Å²) in [5.41, 5.74) is 0. The third-order valence-electron chi connectivity index (χ3n) is 14.2. The minimum atomic E-state index is -1.55. The van der Waals surface area contributed by atoms with Crippen molar-refractivity contribution < 1.29 is 39.8 Å². The van der Waals surface area contributed by atoms with E-state index in [1.54, 1.807) is 0 Å². The van der Waals surface area contributed by atoms with Gasteiger partial charge in [-0.25, -0.2) is 0 Å². The van der Waals surface area contributed by atoms with Crippen LogP contribution in [-0.2, 0) is 14.3 Å². The number of aliphatic hydroxyl groups excluding tert-OH is 5. The molecule has 0 spiro atoms. The fraction of sp³-hybridized carbons (Fsp3) is 0.883. The maximum atomic E-state index is 13.1. The van der Waals surface area contributed by atoms with Crippen molar-refractivity contribution in [3.63, 3.8) is 0 Å². The Bertz CT molecular complexity index is 1180. The molecule has 0 aliphatic carbocycles. The summed E-state index contributed by atoms with van der Waals surface area (Å²) >= 11 is 0. The molecule has 0 radical (unpaired) electrons. The highest BCUT2D eigenvalue weighted by atomic mass is 16.7. The summed E-state index contributed by atoms with van der Waals surface area (Å²) in [5.74, 6) is -0.143. The molecule has 1 saturated heterocycles. The van der Waals surface area contributed by atoms with Crippen molar-refractivity contribution in [1.29, 1.82) is 0 Å². The summed E-state index contributed by atoms with van der Waals surface area (Å²) in [6.07, 6.45) is 57.4. The molecule has 0 aromatic carbocycles. The second-order valence-electron chi connectivity index (χ2n) is 20.8. The van der Waals surface area contributed by atoms with E-state index in [0.29, 0.717) is 12.8 Å². The first-order valence-electron chi connectivity index (χ1n) is 29.7. The lowest BCUT2D eigenvalue weighted by Crippen LogP contribution is -2.60. The Kier molecular flexibility index (Phi) is 47.4. The molecule has 0 bridgehead atoms. The van der Waals surface area contributed by atoms with Crippen molar-refractivity contribution in [1.82, 2.24) is 5.32 Å². The van der Waals surface area contributed by atoms with E-state index in [2.05, 4.69) is 55.6 Å². The lowest BCUT2D eigenvalue weighted by molar-refractivity contribution is -0.302. The SMILES string of the molecule is CCCCCCC/C=C\C/C=C\C/C=C\CCCCCCCCCCCCCCC(=O)NC(COC1OC(CO)C(O)C(O)C1O)C(O)CCCCCCCCCCCCCCCCCCCCC. The number of amides is 1. The predicted octanol–water partition coefficient (Wildman–Crippen LogP) is 14.7. The van der Waals surface area contributed by atoms with Crippen LogP contribution in [0.4, 0.5) is 0 Å². The van der Waals surface area contributed by atoms with Gasteiger partial charge in [0.1, 0.15) is 24.4 Å². The van der Waals surface area contributed by atoms with Crippen LogP contribution in [0, 0.1) is 0 Å². The van der Waals surface area contributed by atoms with Gasteiger partial charge in [0.05, 0.1) is 25.4 Å². The van der Waals surface area contributed by atoms with E-state index in [-0.39, 0.29) is 12.5 Å². The topological polar surface area (TPSA) is 149 Å². The fourth-order valence-corrected chi connectivity index (χ4v) is 9.52. The molecule has 1 aliphatic heterocycles. The number of hydrogen-bond acceptors (Lipinski definition) is 8. The minimum absolute atomic E-state index is 0.137. The van der Waals surface area contributed by atoms with Crippen molar-refractivity contribution in [2.45, 2.75) is 326 Å². The Balaban J connectivity index is 2.19.